The minimum Gasteiger partial charge on any atom is -0.412 e. The van der Waals surface area contributed by atoms with Crippen LogP contribution in [0.3, 0.4) is 0 Å². The summed E-state index contributed by atoms with van der Waals surface area (Å²) in [4.78, 5) is 0. The zero-order valence-corrected chi connectivity index (χ0v) is 6.76. The van der Waals surface area contributed by atoms with Crippen molar-refractivity contribution in [3.05, 3.63) is 0 Å². The smallest absolute Gasteiger partial charge is 0.0806 e. The maximum atomic E-state index is 8.44. The molecular formula is C7H18O3. The number of hydrogen-bond acceptors (Lipinski definition) is 2. The lowest BCUT2D eigenvalue weighted by molar-refractivity contribution is 0.0591. The minimum absolute atomic E-state index is 0. The third-order valence-corrected chi connectivity index (χ3v) is 1.23. The van der Waals surface area contributed by atoms with Gasteiger partial charge in [0.05, 0.1) is 12.7 Å². The summed E-state index contributed by atoms with van der Waals surface area (Å²) >= 11 is 0. The molecule has 0 aromatic rings. The number of aliphatic hydroxyl groups excluding tert-OH is 1. The lowest BCUT2D eigenvalue weighted by Crippen LogP contribution is -2.09. The van der Waals surface area contributed by atoms with Gasteiger partial charge < -0.3 is 15.3 Å². The van der Waals surface area contributed by atoms with Crippen LogP contribution in [-0.2, 0) is 4.74 Å². The third-order valence-electron chi connectivity index (χ3n) is 1.23. The normalized spacial score (nSPS) is 22.5. The van der Waals surface area contributed by atoms with E-state index in [2.05, 4.69) is 0 Å². The second kappa shape index (κ2) is 8.88. The molecule has 0 spiro atoms. The van der Waals surface area contributed by atoms with Gasteiger partial charge in [0.25, 0.3) is 0 Å². The fraction of sp³-hybridized carbons (Fsp3) is 1.00. The second-order valence-corrected chi connectivity index (χ2v) is 1.82. The molecule has 0 amide bonds. The van der Waals surface area contributed by atoms with Gasteiger partial charge in [0.1, 0.15) is 0 Å². The molecular weight excluding hydrogens is 132 g/mol. The number of ether oxygens (including phenoxy) is 1. The molecule has 64 valence electrons. The Morgan fingerprint density at radius 3 is 2.30 bits per heavy atom. The minimum atomic E-state index is 0. The summed E-state index contributed by atoms with van der Waals surface area (Å²) in [5.41, 5.74) is 0. The van der Waals surface area contributed by atoms with Gasteiger partial charge in [-0.1, -0.05) is 13.8 Å². The van der Waals surface area contributed by atoms with Gasteiger partial charge in [-0.2, -0.15) is 0 Å². The van der Waals surface area contributed by atoms with Crippen molar-refractivity contribution in [3.8, 4) is 0 Å². The van der Waals surface area contributed by atoms with Crippen LogP contribution in [0.1, 0.15) is 26.7 Å². The van der Waals surface area contributed by atoms with Crippen molar-refractivity contribution in [1.29, 1.82) is 0 Å². The first-order valence-corrected chi connectivity index (χ1v) is 3.66. The largest absolute Gasteiger partial charge is 0.412 e. The average molecular weight is 150 g/mol. The molecule has 1 heterocycles. The summed E-state index contributed by atoms with van der Waals surface area (Å²) in [6.45, 7) is 5.03. The van der Waals surface area contributed by atoms with Gasteiger partial charge in [0.15, 0.2) is 0 Å². The third kappa shape index (κ3) is 4.73. The SMILES string of the molecule is CC.O.OC[C@@H]1CCCO1. The van der Waals surface area contributed by atoms with Gasteiger partial charge >= 0.3 is 0 Å². The highest BCUT2D eigenvalue weighted by Gasteiger charge is 2.12. The van der Waals surface area contributed by atoms with Crippen molar-refractivity contribution in [2.24, 2.45) is 0 Å². The average Bonchev–Trinajstić information content (AvgIpc) is 2.43. The molecule has 0 aromatic carbocycles. The fourth-order valence-corrected chi connectivity index (χ4v) is 0.788. The standard InChI is InChI=1S/C5H10O2.C2H6.H2O/c6-4-5-2-1-3-7-5;1-2;/h5-6H,1-4H2;1-2H3;1H2/t5-;;/m0../s1. The first-order valence-electron chi connectivity index (χ1n) is 3.66. The highest BCUT2D eigenvalue weighted by atomic mass is 16.5. The monoisotopic (exact) mass is 150 g/mol. The second-order valence-electron chi connectivity index (χ2n) is 1.82. The van der Waals surface area contributed by atoms with E-state index in [9.17, 15) is 0 Å². The Hall–Kier alpha value is -0.120. The Morgan fingerprint density at radius 2 is 2.10 bits per heavy atom. The predicted molar refractivity (Wildman–Crippen MR) is 41.0 cm³/mol. The summed E-state index contributed by atoms with van der Waals surface area (Å²) in [5.74, 6) is 0. The van der Waals surface area contributed by atoms with E-state index in [-0.39, 0.29) is 18.2 Å². The quantitative estimate of drug-likeness (QED) is 0.586. The van der Waals surface area contributed by atoms with Gasteiger partial charge in [-0.15, -0.1) is 0 Å². The molecule has 0 aliphatic carbocycles. The number of hydrogen-bond donors (Lipinski definition) is 1. The Bertz CT molecular complexity index is 50.8. The highest BCUT2D eigenvalue weighted by Crippen LogP contribution is 2.09. The van der Waals surface area contributed by atoms with Crippen LogP contribution in [0.2, 0.25) is 0 Å². The van der Waals surface area contributed by atoms with Crippen LogP contribution < -0.4 is 0 Å². The summed E-state index contributed by atoms with van der Waals surface area (Å²) in [6.07, 6.45) is 2.31. The van der Waals surface area contributed by atoms with E-state index in [0.29, 0.717) is 0 Å². The van der Waals surface area contributed by atoms with E-state index in [1.165, 1.54) is 0 Å². The Morgan fingerprint density at radius 1 is 1.50 bits per heavy atom. The van der Waals surface area contributed by atoms with Crippen molar-refractivity contribution in [2.75, 3.05) is 13.2 Å². The van der Waals surface area contributed by atoms with Crippen LogP contribution in [-0.4, -0.2) is 29.9 Å². The van der Waals surface area contributed by atoms with Crippen LogP contribution in [0.4, 0.5) is 0 Å². The van der Waals surface area contributed by atoms with E-state index >= 15 is 0 Å². The summed E-state index contributed by atoms with van der Waals surface area (Å²) in [7, 11) is 0. The first kappa shape index (κ1) is 12.5. The maximum Gasteiger partial charge on any atom is 0.0806 e. The molecule has 3 N–H and O–H groups in total. The zero-order chi connectivity index (χ0) is 7.11. The van der Waals surface area contributed by atoms with Gasteiger partial charge in [-0.25, -0.2) is 0 Å². The zero-order valence-electron chi connectivity index (χ0n) is 6.76. The van der Waals surface area contributed by atoms with Crippen molar-refractivity contribution >= 4 is 0 Å². The summed E-state index contributed by atoms with van der Waals surface area (Å²) in [6, 6.07) is 0. The predicted octanol–water partition coefficient (Wildman–Crippen LogP) is 0.359. The van der Waals surface area contributed by atoms with Crippen molar-refractivity contribution in [3.63, 3.8) is 0 Å². The molecule has 0 aromatic heterocycles. The van der Waals surface area contributed by atoms with Crippen molar-refractivity contribution in [1.82, 2.24) is 0 Å². The molecule has 0 unspecified atom stereocenters. The molecule has 1 rings (SSSR count). The van der Waals surface area contributed by atoms with Crippen molar-refractivity contribution in [2.45, 2.75) is 32.8 Å². The molecule has 1 aliphatic heterocycles. The lowest BCUT2D eigenvalue weighted by atomic mass is 10.2. The highest BCUT2D eigenvalue weighted by molar-refractivity contribution is 4.61. The molecule has 1 saturated heterocycles. The molecule has 3 heteroatoms. The molecule has 10 heavy (non-hydrogen) atoms. The summed E-state index contributed by atoms with van der Waals surface area (Å²) in [5, 5.41) is 8.44. The van der Waals surface area contributed by atoms with Crippen molar-refractivity contribution < 1.29 is 15.3 Å². The molecule has 1 aliphatic rings. The van der Waals surface area contributed by atoms with Gasteiger partial charge in [0, 0.05) is 6.61 Å². The molecule has 1 atom stereocenters. The molecule has 3 nitrogen and oxygen atoms in total. The van der Waals surface area contributed by atoms with E-state index in [0.717, 1.165) is 19.4 Å². The first-order chi connectivity index (χ1) is 4.43. The van der Waals surface area contributed by atoms with E-state index in [1.54, 1.807) is 0 Å². The van der Waals surface area contributed by atoms with Crippen LogP contribution in [0, 0.1) is 0 Å². The van der Waals surface area contributed by atoms with Gasteiger partial charge in [-0.3, -0.25) is 0 Å². The molecule has 1 fully saturated rings. The van der Waals surface area contributed by atoms with Crippen LogP contribution in [0.15, 0.2) is 0 Å². The van der Waals surface area contributed by atoms with E-state index in [1.807, 2.05) is 13.8 Å². The van der Waals surface area contributed by atoms with Crippen LogP contribution in [0.25, 0.3) is 0 Å². The van der Waals surface area contributed by atoms with E-state index in [4.69, 9.17) is 9.84 Å². The van der Waals surface area contributed by atoms with E-state index < -0.39 is 0 Å². The lowest BCUT2D eigenvalue weighted by Gasteiger charge is -2.00. The number of aliphatic hydroxyl groups is 1. The number of rotatable bonds is 1. The topological polar surface area (TPSA) is 61.0 Å². The molecule has 0 saturated carbocycles. The molecule has 0 bridgehead atoms. The maximum absolute atomic E-state index is 8.44. The summed E-state index contributed by atoms with van der Waals surface area (Å²) < 4.78 is 5.05. The Labute approximate surface area is 62.3 Å². The fourth-order valence-electron chi connectivity index (χ4n) is 0.788. The van der Waals surface area contributed by atoms with Crippen LogP contribution >= 0.6 is 0 Å². The van der Waals surface area contributed by atoms with Gasteiger partial charge in [0.2, 0.25) is 0 Å². The van der Waals surface area contributed by atoms with Gasteiger partial charge in [-0.05, 0) is 12.8 Å². The Kier molecular flexibility index (Phi) is 11.1. The molecule has 0 radical (unpaired) electrons. The van der Waals surface area contributed by atoms with Crippen LogP contribution in [0.5, 0.6) is 0 Å². The Balaban J connectivity index is 0.